The number of nitrogens with one attached hydrogen (secondary N) is 1. The summed E-state index contributed by atoms with van der Waals surface area (Å²) >= 11 is 3.41. The lowest BCUT2D eigenvalue weighted by Crippen LogP contribution is -2.36. The SMILES string of the molecule is O=C1N[C@H](c2cccc(Br)c2)Oc2ccccc21. The van der Waals surface area contributed by atoms with Crippen molar-refractivity contribution >= 4 is 21.8 Å². The van der Waals surface area contributed by atoms with Crippen molar-refractivity contribution in [3.8, 4) is 5.75 Å². The summed E-state index contributed by atoms with van der Waals surface area (Å²) < 4.78 is 6.75. The van der Waals surface area contributed by atoms with Crippen molar-refractivity contribution in [2.24, 2.45) is 0 Å². The molecule has 2 aromatic carbocycles. The Morgan fingerprint density at radius 1 is 1.11 bits per heavy atom. The number of fused-ring (bicyclic) bond motifs is 1. The summed E-state index contributed by atoms with van der Waals surface area (Å²) in [6.45, 7) is 0. The minimum absolute atomic E-state index is 0.109. The first-order valence-electron chi connectivity index (χ1n) is 5.56. The van der Waals surface area contributed by atoms with Gasteiger partial charge in [0, 0.05) is 10.0 Å². The number of hydrogen-bond acceptors (Lipinski definition) is 2. The molecular formula is C14H10BrNO2. The molecule has 1 atom stereocenters. The van der Waals surface area contributed by atoms with Gasteiger partial charge in [-0.25, -0.2) is 0 Å². The molecule has 0 bridgehead atoms. The first-order valence-corrected chi connectivity index (χ1v) is 6.35. The van der Waals surface area contributed by atoms with Crippen LogP contribution in [0.4, 0.5) is 0 Å². The fourth-order valence-corrected chi connectivity index (χ4v) is 2.35. The molecule has 0 aliphatic carbocycles. The van der Waals surface area contributed by atoms with Crippen LogP contribution in [-0.2, 0) is 0 Å². The number of rotatable bonds is 1. The predicted molar refractivity (Wildman–Crippen MR) is 71.4 cm³/mol. The Kier molecular flexibility index (Phi) is 2.80. The van der Waals surface area contributed by atoms with Crippen molar-refractivity contribution in [2.75, 3.05) is 0 Å². The normalized spacial score (nSPS) is 17.6. The lowest BCUT2D eigenvalue weighted by molar-refractivity contribution is 0.0756. The van der Waals surface area contributed by atoms with Gasteiger partial charge in [0.25, 0.3) is 5.91 Å². The van der Waals surface area contributed by atoms with Crippen LogP contribution in [0.15, 0.2) is 53.0 Å². The van der Waals surface area contributed by atoms with E-state index in [0.717, 1.165) is 10.0 Å². The summed E-state index contributed by atoms with van der Waals surface area (Å²) in [6, 6.07) is 14.9. The molecule has 0 aromatic heterocycles. The van der Waals surface area contributed by atoms with Crippen LogP contribution in [-0.4, -0.2) is 5.91 Å². The van der Waals surface area contributed by atoms with E-state index in [1.165, 1.54) is 0 Å². The van der Waals surface area contributed by atoms with Crippen LogP contribution in [0, 0.1) is 0 Å². The topological polar surface area (TPSA) is 38.3 Å². The van der Waals surface area contributed by atoms with Crippen molar-refractivity contribution in [3.05, 3.63) is 64.1 Å². The van der Waals surface area contributed by atoms with E-state index < -0.39 is 6.23 Å². The van der Waals surface area contributed by atoms with E-state index in [9.17, 15) is 4.79 Å². The highest BCUT2D eigenvalue weighted by atomic mass is 79.9. The largest absolute Gasteiger partial charge is 0.466 e. The summed E-state index contributed by atoms with van der Waals surface area (Å²) in [6.07, 6.45) is -0.440. The predicted octanol–water partition coefficient (Wildman–Crippen LogP) is 3.27. The van der Waals surface area contributed by atoms with Gasteiger partial charge in [-0.3, -0.25) is 4.79 Å². The quantitative estimate of drug-likeness (QED) is 0.878. The van der Waals surface area contributed by atoms with Gasteiger partial charge < -0.3 is 10.1 Å². The van der Waals surface area contributed by atoms with E-state index in [0.29, 0.717) is 11.3 Å². The summed E-state index contributed by atoms with van der Waals surface area (Å²) in [5, 5.41) is 2.83. The molecule has 0 unspecified atom stereocenters. The number of ether oxygens (including phenoxy) is 1. The molecular weight excluding hydrogens is 294 g/mol. The molecule has 1 amide bonds. The molecule has 0 radical (unpaired) electrons. The van der Waals surface area contributed by atoms with Crippen LogP contribution < -0.4 is 10.1 Å². The molecule has 1 aliphatic rings. The van der Waals surface area contributed by atoms with Gasteiger partial charge in [-0.1, -0.05) is 40.2 Å². The lowest BCUT2D eigenvalue weighted by Gasteiger charge is -2.27. The van der Waals surface area contributed by atoms with E-state index in [4.69, 9.17) is 4.74 Å². The second kappa shape index (κ2) is 4.46. The molecule has 18 heavy (non-hydrogen) atoms. The molecule has 2 aromatic rings. The van der Waals surface area contributed by atoms with E-state index in [1.54, 1.807) is 12.1 Å². The summed E-state index contributed by atoms with van der Waals surface area (Å²) in [4.78, 5) is 12.0. The Labute approximate surface area is 113 Å². The number of carbonyl (C=O) groups excluding carboxylic acids is 1. The van der Waals surface area contributed by atoms with Crippen molar-refractivity contribution in [1.82, 2.24) is 5.32 Å². The Balaban J connectivity index is 1.97. The number of benzene rings is 2. The van der Waals surface area contributed by atoms with Crippen molar-refractivity contribution in [3.63, 3.8) is 0 Å². The Morgan fingerprint density at radius 2 is 1.94 bits per heavy atom. The van der Waals surface area contributed by atoms with Crippen LogP contribution in [0.1, 0.15) is 22.1 Å². The van der Waals surface area contributed by atoms with E-state index >= 15 is 0 Å². The third-order valence-corrected chi connectivity index (χ3v) is 3.28. The van der Waals surface area contributed by atoms with Crippen LogP contribution in [0.3, 0.4) is 0 Å². The first-order chi connectivity index (χ1) is 8.74. The Morgan fingerprint density at radius 3 is 2.78 bits per heavy atom. The Bertz CT molecular complexity index is 612. The second-order valence-electron chi connectivity index (χ2n) is 4.02. The third kappa shape index (κ3) is 1.99. The smallest absolute Gasteiger partial charge is 0.258 e. The van der Waals surface area contributed by atoms with Crippen LogP contribution >= 0.6 is 15.9 Å². The number of halogens is 1. The Hall–Kier alpha value is -1.81. The van der Waals surface area contributed by atoms with E-state index in [-0.39, 0.29) is 5.91 Å². The molecule has 4 heteroatoms. The van der Waals surface area contributed by atoms with Crippen LogP contribution in [0.5, 0.6) is 5.75 Å². The van der Waals surface area contributed by atoms with Gasteiger partial charge in [-0.15, -0.1) is 0 Å². The molecule has 0 saturated heterocycles. The number of hydrogen-bond donors (Lipinski definition) is 1. The van der Waals surface area contributed by atoms with Crippen molar-refractivity contribution in [1.29, 1.82) is 0 Å². The minimum atomic E-state index is -0.440. The zero-order chi connectivity index (χ0) is 12.5. The molecule has 0 spiro atoms. The maximum Gasteiger partial charge on any atom is 0.258 e. The number of amides is 1. The second-order valence-corrected chi connectivity index (χ2v) is 4.94. The molecule has 3 rings (SSSR count). The highest BCUT2D eigenvalue weighted by Crippen LogP contribution is 2.29. The van der Waals surface area contributed by atoms with Crippen molar-refractivity contribution < 1.29 is 9.53 Å². The average Bonchev–Trinajstić information content (AvgIpc) is 2.39. The average molecular weight is 304 g/mol. The fraction of sp³-hybridized carbons (Fsp3) is 0.0714. The third-order valence-electron chi connectivity index (χ3n) is 2.79. The van der Waals surface area contributed by atoms with Gasteiger partial charge >= 0.3 is 0 Å². The van der Waals surface area contributed by atoms with Gasteiger partial charge in [0.15, 0.2) is 6.23 Å². The van der Waals surface area contributed by atoms with Crippen LogP contribution in [0.25, 0.3) is 0 Å². The zero-order valence-electron chi connectivity index (χ0n) is 9.39. The van der Waals surface area contributed by atoms with E-state index in [2.05, 4.69) is 21.2 Å². The van der Waals surface area contributed by atoms with E-state index in [1.807, 2.05) is 36.4 Å². The molecule has 0 saturated carbocycles. The summed E-state index contributed by atoms with van der Waals surface area (Å²) in [5.74, 6) is 0.507. The maximum absolute atomic E-state index is 12.0. The summed E-state index contributed by atoms with van der Waals surface area (Å²) in [7, 11) is 0. The monoisotopic (exact) mass is 303 g/mol. The highest BCUT2D eigenvalue weighted by molar-refractivity contribution is 9.10. The molecule has 0 fully saturated rings. The minimum Gasteiger partial charge on any atom is -0.466 e. The van der Waals surface area contributed by atoms with Gasteiger partial charge in [0.05, 0.1) is 5.56 Å². The number of para-hydroxylation sites is 1. The van der Waals surface area contributed by atoms with Gasteiger partial charge in [-0.05, 0) is 24.3 Å². The van der Waals surface area contributed by atoms with Gasteiger partial charge in [0.2, 0.25) is 0 Å². The molecule has 90 valence electrons. The van der Waals surface area contributed by atoms with Gasteiger partial charge in [0.1, 0.15) is 5.75 Å². The number of carbonyl (C=O) groups is 1. The van der Waals surface area contributed by atoms with Crippen molar-refractivity contribution in [2.45, 2.75) is 6.23 Å². The van der Waals surface area contributed by atoms with Gasteiger partial charge in [-0.2, -0.15) is 0 Å². The standard InChI is InChI=1S/C14H10BrNO2/c15-10-5-3-4-9(8-10)14-16-13(17)11-6-1-2-7-12(11)18-14/h1-8,14H,(H,16,17)/t14-/m0/s1. The zero-order valence-corrected chi connectivity index (χ0v) is 11.0. The summed E-state index contributed by atoms with van der Waals surface area (Å²) in [5.41, 5.74) is 1.48. The molecule has 3 nitrogen and oxygen atoms in total. The molecule has 1 aliphatic heterocycles. The molecule has 1 heterocycles. The highest BCUT2D eigenvalue weighted by Gasteiger charge is 2.25. The maximum atomic E-state index is 12.0. The fourth-order valence-electron chi connectivity index (χ4n) is 1.93. The van der Waals surface area contributed by atoms with Crippen LogP contribution in [0.2, 0.25) is 0 Å². The first kappa shape index (κ1) is 11.3. The lowest BCUT2D eigenvalue weighted by atomic mass is 10.1. The molecule has 1 N–H and O–H groups in total.